The van der Waals surface area contributed by atoms with E-state index in [4.69, 9.17) is 4.74 Å². The second-order valence-electron chi connectivity index (χ2n) is 13.1. The first-order chi connectivity index (χ1) is 27.9. The van der Waals surface area contributed by atoms with E-state index in [0.717, 1.165) is 22.9 Å². The van der Waals surface area contributed by atoms with Gasteiger partial charge in [-0.05, 0) is 120 Å². The predicted octanol–water partition coefficient (Wildman–Crippen LogP) is 6.34. The standard InChI is InChI=1S/C41H40N8O7S2/c1-27(25-29-11-21-36(22-12-29)58(54,55)37-23-17-34(50)18-24-37)38(51)42-31-13-15-32(16-14-31)43-44-39(52)28(2)49(33-7-5-4-6-8-33)41(53)57-40-45-46-47-48(40)26-30-9-19-35(56-3)20-10-30/h4-24,27-28,43,50H,25-26H2,1-3H3,(H,42,51)(H,44,52). The van der Waals surface area contributed by atoms with Crippen LogP contribution in [-0.2, 0) is 32.4 Å². The number of hydrazine groups is 1. The van der Waals surface area contributed by atoms with Gasteiger partial charge < -0.3 is 15.2 Å². The topological polar surface area (TPSA) is 198 Å². The molecule has 0 spiro atoms. The Bertz CT molecular complexity index is 2450. The molecule has 1 heterocycles. The lowest BCUT2D eigenvalue weighted by atomic mass is 10.0. The van der Waals surface area contributed by atoms with E-state index in [1.165, 1.54) is 46.0 Å². The quantitative estimate of drug-likeness (QED) is 0.0664. The molecule has 1 aromatic heterocycles. The molecule has 58 heavy (non-hydrogen) atoms. The molecule has 5 aromatic carbocycles. The number of rotatable bonds is 15. The number of para-hydroxylation sites is 1. The summed E-state index contributed by atoms with van der Waals surface area (Å²) in [5.74, 6) is -0.482. The Morgan fingerprint density at radius 3 is 2.03 bits per heavy atom. The molecule has 0 saturated heterocycles. The Balaban J connectivity index is 1.02. The SMILES string of the molecule is COc1ccc(Cn2nnnc2SC(=O)N(c2ccccc2)C(C)C(=O)NNc2ccc(NC(=O)C(C)Cc3ccc(S(=O)(=O)c4ccc(O)cc4)cc3)cc2)cc1. The first-order valence-corrected chi connectivity index (χ1v) is 20.3. The Morgan fingerprint density at radius 1 is 0.793 bits per heavy atom. The number of thioether (sulfide) groups is 1. The minimum atomic E-state index is -3.76. The highest BCUT2D eigenvalue weighted by Gasteiger charge is 2.30. The molecule has 3 amide bonds. The number of anilines is 3. The van der Waals surface area contributed by atoms with Gasteiger partial charge in [0.25, 0.3) is 11.1 Å². The molecule has 298 valence electrons. The fourth-order valence-electron chi connectivity index (χ4n) is 5.75. The summed E-state index contributed by atoms with van der Waals surface area (Å²) in [6.45, 7) is 3.69. The van der Waals surface area contributed by atoms with Crippen LogP contribution in [-0.4, -0.2) is 63.9 Å². The van der Waals surface area contributed by atoms with Gasteiger partial charge in [-0.3, -0.25) is 30.1 Å². The number of sulfone groups is 1. The van der Waals surface area contributed by atoms with Gasteiger partial charge in [0, 0.05) is 29.1 Å². The van der Waals surface area contributed by atoms with E-state index in [0.29, 0.717) is 35.8 Å². The van der Waals surface area contributed by atoms with Gasteiger partial charge in [0.05, 0.1) is 29.1 Å². The van der Waals surface area contributed by atoms with Crippen LogP contribution in [0.25, 0.3) is 0 Å². The molecule has 4 N–H and O–H groups in total. The van der Waals surface area contributed by atoms with Crippen LogP contribution >= 0.6 is 11.8 Å². The Labute approximate surface area is 339 Å². The van der Waals surface area contributed by atoms with Crippen molar-refractivity contribution in [3.8, 4) is 11.5 Å². The third-order valence-corrected chi connectivity index (χ3v) is 11.7. The average Bonchev–Trinajstić information content (AvgIpc) is 3.67. The van der Waals surface area contributed by atoms with Gasteiger partial charge in [0.15, 0.2) is 0 Å². The lowest BCUT2D eigenvalue weighted by Gasteiger charge is -2.28. The van der Waals surface area contributed by atoms with Gasteiger partial charge in [-0.2, -0.15) is 0 Å². The van der Waals surface area contributed by atoms with Crippen LogP contribution in [0, 0.1) is 5.92 Å². The summed E-state index contributed by atoms with van der Waals surface area (Å²) in [7, 11) is -2.17. The van der Waals surface area contributed by atoms with Crippen LogP contribution < -0.4 is 25.8 Å². The largest absolute Gasteiger partial charge is 0.508 e. The van der Waals surface area contributed by atoms with E-state index >= 15 is 0 Å². The molecule has 0 aliphatic rings. The number of carbonyl (C=O) groups is 3. The number of ether oxygens (including phenoxy) is 1. The van der Waals surface area contributed by atoms with Crippen molar-refractivity contribution >= 4 is 55.7 Å². The summed E-state index contributed by atoms with van der Waals surface area (Å²) >= 11 is 0.802. The van der Waals surface area contributed by atoms with Crippen LogP contribution in [0.5, 0.6) is 11.5 Å². The van der Waals surface area contributed by atoms with Crippen molar-refractivity contribution in [3.05, 3.63) is 139 Å². The number of carbonyl (C=O) groups excluding carboxylic acids is 3. The number of aromatic hydroxyl groups is 1. The zero-order chi connectivity index (χ0) is 41.2. The van der Waals surface area contributed by atoms with Crippen molar-refractivity contribution in [3.63, 3.8) is 0 Å². The maximum Gasteiger partial charge on any atom is 0.294 e. The maximum atomic E-state index is 13.8. The van der Waals surface area contributed by atoms with Crippen molar-refractivity contribution in [2.24, 2.45) is 5.92 Å². The summed E-state index contributed by atoms with van der Waals surface area (Å²) in [5.41, 5.74) is 8.78. The highest BCUT2D eigenvalue weighted by atomic mass is 32.2. The predicted molar refractivity (Wildman–Crippen MR) is 219 cm³/mol. The van der Waals surface area contributed by atoms with Gasteiger partial charge >= 0.3 is 0 Å². The normalized spacial score (nSPS) is 12.2. The van der Waals surface area contributed by atoms with Crippen LogP contribution in [0.15, 0.2) is 142 Å². The van der Waals surface area contributed by atoms with Crippen molar-refractivity contribution in [2.45, 2.75) is 47.8 Å². The first kappa shape index (κ1) is 40.9. The number of amides is 3. The zero-order valence-corrected chi connectivity index (χ0v) is 33.3. The van der Waals surface area contributed by atoms with Crippen molar-refractivity contribution in [1.82, 2.24) is 25.6 Å². The van der Waals surface area contributed by atoms with Crippen LogP contribution in [0.3, 0.4) is 0 Å². The van der Waals surface area contributed by atoms with Crippen molar-refractivity contribution < 1.29 is 32.6 Å². The molecule has 0 saturated carbocycles. The number of hydrogen-bond donors (Lipinski definition) is 4. The Morgan fingerprint density at radius 2 is 1.40 bits per heavy atom. The third-order valence-electron chi connectivity index (χ3n) is 9.02. The van der Waals surface area contributed by atoms with Gasteiger partial charge in [0.1, 0.15) is 17.5 Å². The molecule has 0 bridgehead atoms. The number of benzene rings is 5. The summed E-state index contributed by atoms with van der Waals surface area (Å²) in [4.78, 5) is 41.8. The lowest BCUT2D eigenvalue weighted by molar-refractivity contribution is -0.121. The Kier molecular flexibility index (Phi) is 13.0. The van der Waals surface area contributed by atoms with E-state index in [9.17, 15) is 27.9 Å². The number of phenolic OH excluding ortho intramolecular Hbond substituents is 1. The molecule has 2 unspecified atom stereocenters. The fraction of sp³-hybridized carbons (Fsp3) is 0.171. The van der Waals surface area contributed by atoms with Crippen LogP contribution in [0.2, 0.25) is 0 Å². The monoisotopic (exact) mass is 820 g/mol. The van der Waals surface area contributed by atoms with Gasteiger partial charge in [-0.25, -0.2) is 13.1 Å². The van der Waals surface area contributed by atoms with Crippen LogP contribution in [0.1, 0.15) is 25.0 Å². The highest BCUT2D eigenvalue weighted by molar-refractivity contribution is 8.13. The van der Waals surface area contributed by atoms with E-state index in [-0.39, 0.29) is 26.6 Å². The second kappa shape index (κ2) is 18.5. The van der Waals surface area contributed by atoms with E-state index in [2.05, 4.69) is 31.7 Å². The molecule has 2 atom stereocenters. The maximum absolute atomic E-state index is 13.8. The molecule has 6 rings (SSSR count). The molecule has 0 aliphatic heterocycles. The molecule has 17 heteroatoms. The minimum absolute atomic E-state index is 0.0271. The van der Waals surface area contributed by atoms with E-state index < -0.39 is 32.9 Å². The smallest absolute Gasteiger partial charge is 0.294 e. The summed E-state index contributed by atoms with van der Waals surface area (Å²) in [6.07, 6.45) is 0.372. The minimum Gasteiger partial charge on any atom is -0.508 e. The molecular weight excluding hydrogens is 781 g/mol. The van der Waals surface area contributed by atoms with Gasteiger partial charge in [-0.1, -0.05) is 49.4 Å². The van der Waals surface area contributed by atoms with Crippen LogP contribution in [0.4, 0.5) is 21.9 Å². The summed E-state index contributed by atoms with van der Waals surface area (Å²) < 4.78 is 32.6. The molecule has 0 radical (unpaired) electrons. The van der Waals surface area contributed by atoms with Crippen molar-refractivity contribution in [1.29, 1.82) is 0 Å². The number of nitrogens with zero attached hydrogens (tertiary/aromatic N) is 5. The number of phenols is 1. The summed E-state index contributed by atoms with van der Waals surface area (Å²) in [6, 6.07) is 33.6. The molecular formula is C41H40N8O7S2. The van der Waals surface area contributed by atoms with E-state index in [1.54, 1.807) is 81.6 Å². The fourth-order valence-corrected chi connectivity index (χ4v) is 7.81. The van der Waals surface area contributed by atoms with E-state index in [1.807, 2.05) is 30.3 Å². The highest BCUT2D eigenvalue weighted by Crippen LogP contribution is 2.27. The first-order valence-electron chi connectivity index (χ1n) is 18.0. The van der Waals surface area contributed by atoms with Crippen molar-refractivity contribution in [2.75, 3.05) is 22.8 Å². The van der Waals surface area contributed by atoms with Gasteiger partial charge in [0.2, 0.25) is 20.9 Å². The molecule has 6 aromatic rings. The lowest BCUT2D eigenvalue weighted by Crippen LogP contribution is -2.48. The number of hydrogen-bond acceptors (Lipinski definition) is 12. The third kappa shape index (κ3) is 10.2. The zero-order valence-electron chi connectivity index (χ0n) is 31.6. The average molecular weight is 821 g/mol. The number of tetrazole rings is 1. The summed E-state index contributed by atoms with van der Waals surface area (Å²) in [5, 5.41) is 24.0. The van der Waals surface area contributed by atoms with Gasteiger partial charge in [-0.15, -0.1) is 5.10 Å². The Hall–Kier alpha value is -6.72. The second-order valence-corrected chi connectivity index (χ2v) is 16.0. The molecule has 0 fully saturated rings. The number of nitrogens with one attached hydrogen (secondary N) is 3. The number of methoxy groups -OCH3 is 1. The molecule has 0 aliphatic carbocycles. The number of aromatic nitrogens is 4. The molecule has 15 nitrogen and oxygen atoms in total.